The molecule has 3 rings (SSSR count). The molecule has 2 nitrogen and oxygen atoms in total. The van der Waals surface area contributed by atoms with E-state index in [0.29, 0.717) is 0 Å². The summed E-state index contributed by atoms with van der Waals surface area (Å²) in [6.45, 7) is 9.55. The molecule has 2 aliphatic rings. The zero-order valence-electron chi connectivity index (χ0n) is 13.0. The summed E-state index contributed by atoms with van der Waals surface area (Å²) < 4.78 is 0. The predicted molar refractivity (Wildman–Crippen MR) is 86.1 cm³/mol. The SMILES string of the molecule is CC(C)C1CCCN(Cc2cccc3c2NCC3)CC1. The Morgan fingerprint density at radius 1 is 1.25 bits per heavy atom. The number of nitrogens with zero attached hydrogens (tertiary/aromatic N) is 1. The Kier molecular flexibility index (Phi) is 4.30. The third kappa shape index (κ3) is 3.01. The molecule has 0 spiro atoms. The van der Waals surface area contributed by atoms with Gasteiger partial charge in [0, 0.05) is 18.8 Å². The lowest BCUT2D eigenvalue weighted by molar-refractivity contribution is 0.265. The maximum atomic E-state index is 3.57. The first kappa shape index (κ1) is 13.9. The first-order valence-corrected chi connectivity index (χ1v) is 8.31. The Balaban J connectivity index is 1.65. The lowest BCUT2D eigenvalue weighted by Crippen LogP contribution is -2.25. The van der Waals surface area contributed by atoms with E-state index in [1.165, 1.54) is 55.6 Å². The van der Waals surface area contributed by atoms with E-state index in [0.717, 1.165) is 24.9 Å². The van der Waals surface area contributed by atoms with Crippen LogP contribution in [-0.4, -0.2) is 24.5 Å². The molecule has 2 heteroatoms. The molecule has 2 aliphatic heterocycles. The molecule has 2 heterocycles. The van der Waals surface area contributed by atoms with Crippen molar-refractivity contribution in [1.82, 2.24) is 4.90 Å². The third-order valence-corrected chi connectivity index (χ3v) is 5.14. The highest BCUT2D eigenvalue weighted by Gasteiger charge is 2.21. The molecule has 0 amide bonds. The number of para-hydroxylation sites is 1. The van der Waals surface area contributed by atoms with Crippen molar-refractivity contribution in [2.45, 2.75) is 46.1 Å². The molecular formula is C18H28N2. The van der Waals surface area contributed by atoms with Gasteiger partial charge in [-0.05, 0) is 61.7 Å². The molecule has 1 fully saturated rings. The van der Waals surface area contributed by atoms with E-state index in [-0.39, 0.29) is 0 Å². The van der Waals surface area contributed by atoms with Crippen LogP contribution in [0.4, 0.5) is 5.69 Å². The second-order valence-corrected chi connectivity index (χ2v) is 6.84. The number of anilines is 1. The van der Waals surface area contributed by atoms with Crippen LogP contribution >= 0.6 is 0 Å². The molecule has 1 N–H and O–H groups in total. The van der Waals surface area contributed by atoms with E-state index in [9.17, 15) is 0 Å². The zero-order chi connectivity index (χ0) is 13.9. The van der Waals surface area contributed by atoms with E-state index in [1.54, 1.807) is 0 Å². The molecule has 0 saturated carbocycles. The van der Waals surface area contributed by atoms with Crippen molar-refractivity contribution in [2.24, 2.45) is 11.8 Å². The summed E-state index contributed by atoms with van der Waals surface area (Å²) in [5.41, 5.74) is 4.44. The van der Waals surface area contributed by atoms with Gasteiger partial charge in [0.15, 0.2) is 0 Å². The number of nitrogens with one attached hydrogen (secondary N) is 1. The first-order valence-electron chi connectivity index (χ1n) is 8.31. The quantitative estimate of drug-likeness (QED) is 0.897. The molecule has 0 aromatic heterocycles. The van der Waals surface area contributed by atoms with Gasteiger partial charge in [-0.1, -0.05) is 32.0 Å². The molecule has 0 radical (unpaired) electrons. The summed E-state index contributed by atoms with van der Waals surface area (Å²) in [6, 6.07) is 6.81. The first-order chi connectivity index (χ1) is 9.74. The normalized spacial score (nSPS) is 23.4. The lowest BCUT2D eigenvalue weighted by Gasteiger charge is -2.22. The van der Waals surface area contributed by atoms with Crippen LogP contribution < -0.4 is 5.32 Å². The molecule has 0 aliphatic carbocycles. The number of likely N-dealkylation sites (tertiary alicyclic amines) is 1. The van der Waals surface area contributed by atoms with Crippen LogP contribution in [0.5, 0.6) is 0 Å². The van der Waals surface area contributed by atoms with Crippen LogP contribution in [0.15, 0.2) is 18.2 Å². The van der Waals surface area contributed by atoms with Gasteiger partial charge in [0.05, 0.1) is 0 Å². The van der Waals surface area contributed by atoms with Crippen molar-refractivity contribution in [2.75, 3.05) is 25.0 Å². The molecule has 110 valence electrons. The number of hydrogen-bond donors (Lipinski definition) is 1. The summed E-state index contributed by atoms with van der Waals surface area (Å²) in [4.78, 5) is 2.66. The summed E-state index contributed by atoms with van der Waals surface area (Å²) >= 11 is 0. The number of fused-ring (bicyclic) bond motifs is 1. The Hall–Kier alpha value is -1.02. The van der Waals surface area contributed by atoms with Crippen molar-refractivity contribution in [3.63, 3.8) is 0 Å². The van der Waals surface area contributed by atoms with Crippen LogP contribution in [-0.2, 0) is 13.0 Å². The molecular weight excluding hydrogens is 244 g/mol. The molecule has 1 saturated heterocycles. The van der Waals surface area contributed by atoms with Crippen molar-refractivity contribution in [1.29, 1.82) is 0 Å². The minimum atomic E-state index is 0.845. The van der Waals surface area contributed by atoms with Gasteiger partial charge in [-0.15, -0.1) is 0 Å². The maximum absolute atomic E-state index is 3.57. The van der Waals surface area contributed by atoms with Crippen molar-refractivity contribution in [3.8, 4) is 0 Å². The average Bonchev–Trinajstić information content (AvgIpc) is 2.79. The number of benzene rings is 1. The fourth-order valence-corrected chi connectivity index (χ4v) is 3.79. The number of rotatable bonds is 3. The molecule has 20 heavy (non-hydrogen) atoms. The van der Waals surface area contributed by atoms with Crippen molar-refractivity contribution < 1.29 is 0 Å². The highest BCUT2D eigenvalue weighted by molar-refractivity contribution is 5.61. The van der Waals surface area contributed by atoms with Crippen LogP contribution in [0.25, 0.3) is 0 Å². The van der Waals surface area contributed by atoms with Crippen LogP contribution in [0, 0.1) is 11.8 Å². The summed E-state index contributed by atoms with van der Waals surface area (Å²) in [7, 11) is 0. The van der Waals surface area contributed by atoms with Crippen LogP contribution in [0.2, 0.25) is 0 Å². The smallest absolute Gasteiger partial charge is 0.0419 e. The van der Waals surface area contributed by atoms with Gasteiger partial charge < -0.3 is 5.32 Å². The van der Waals surface area contributed by atoms with Gasteiger partial charge in [-0.2, -0.15) is 0 Å². The molecule has 1 atom stereocenters. The van der Waals surface area contributed by atoms with E-state index in [2.05, 4.69) is 42.3 Å². The fourth-order valence-electron chi connectivity index (χ4n) is 3.79. The lowest BCUT2D eigenvalue weighted by atomic mass is 9.89. The van der Waals surface area contributed by atoms with E-state index < -0.39 is 0 Å². The monoisotopic (exact) mass is 272 g/mol. The standard InChI is InChI=1S/C18H28N2/c1-14(2)15-7-4-11-20(12-9-15)13-17-6-3-5-16-8-10-19-18(16)17/h3,5-6,14-15,19H,4,7-13H2,1-2H3. The van der Waals surface area contributed by atoms with Gasteiger partial charge in [0.1, 0.15) is 0 Å². The van der Waals surface area contributed by atoms with Gasteiger partial charge in [0.2, 0.25) is 0 Å². The largest absolute Gasteiger partial charge is 0.384 e. The molecule has 1 aromatic rings. The van der Waals surface area contributed by atoms with Crippen LogP contribution in [0.3, 0.4) is 0 Å². The van der Waals surface area contributed by atoms with Gasteiger partial charge in [0.25, 0.3) is 0 Å². The highest BCUT2D eigenvalue weighted by atomic mass is 15.1. The highest BCUT2D eigenvalue weighted by Crippen LogP contribution is 2.29. The minimum Gasteiger partial charge on any atom is -0.384 e. The second kappa shape index (κ2) is 6.17. The third-order valence-electron chi connectivity index (χ3n) is 5.14. The molecule has 0 bridgehead atoms. The fraction of sp³-hybridized carbons (Fsp3) is 0.667. The van der Waals surface area contributed by atoms with Gasteiger partial charge >= 0.3 is 0 Å². The number of hydrogen-bond acceptors (Lipinski definition) is 2. The Morgan fingerprint density at radius 2 is 2.15 bits per heavy atom. The van der Waals surface area contributed by atoms with E-state index in [1.807, 2.05) is 0 Å². The Labute approximate surface area is 123 Å². The van der Waals surface area contributed by atoms with Gasteiger partial charge in [-0.3, -0.25) is 4.90 Å². The van der Waals surface area contributed by atoms with Crippen molar-refractivity contribution >= 4 is 5.69 Å². The molecule has 1 aromatic carbocycles. The van der Waals surface area contributed by atoms with Gasteiger partial charge in [-0.25, -0.2) is 0 Å². The maximum Gasteiger partial charge on any atom is 0.0419 e. The van der Waals surface area contributed by atoms with E-state index in [4.69, 9.17) is 0 Å². The zero-order valence-corrected chi connectivity index (χ0v) is 13.0. The summed E-state index contributed by atoms with van der Waals surface area (Å²) in [5.74, 6) is 1.78. The molecule has 1 unspecified atom stereocenters. The summed E-state index contributed by atoms with van der Waals surface area (Å²) in [5, 5.41) is 3.57. The summed E-state index contributed by atoms with van der Waals surface area (Å²) in [6.07, 6.45) is 5.35. The van der Waals surface area contributed by atoms with Crippen LogP contribution in [0.1, 0.15) is 44.2 Å². The second-order valence-electron chi connectivity index (χ2n) is 6.84. The van der Waals surface area contributed by atoms with E-state index >= 15 is 0 Å². The Morgan fingerprint density at radius 3 is 3.00 bits per heavy atom. The topological polar surface area (TPSA) is 15.3 Å². The average molecular weight is 272 g/mol. The predicted octanol–water partition coefficient (Wildman–Crippen LogP) is 3.91. The minimum absolute atomic E-state index is 0.845. The van der Waals surface area contributed by atoms with Crippen molar-refractivity contribution in [3.05, 3.63) is 29.3 Å². The Bertz CT molecular complexity index is 453.